The molecule has 0 radical (unpaired) electrons. The molecule has 0 aliphatic rings. The predicted octanol–water partition coefficient (Wildman–Crippen LogP) is 1.56. The van der Waals surface area contributed by atoms with E-state index in [1.807, 2.05) is 12.1 Å². The molecule has 1 aromatic heterocycles. The zero-order chi connectivity index (χ0) is 18.1. The summed E-state index contributed by atoms with van der Waals surface area (Å²) in [5.41, 5.74) is 7.92. The summed E-state index contributed by atoms with van der Waals surface area (Å²) in [6, 6.07) is 10.7. The lowest BCUT2D eigenvalue weighted by Crippen LogP contribution is -2.29. The zero-order valence-electron chi connectivity index (χ0n) is 14.1. The highest BCUT2D eigenvalue weighted by molar-refractivity contribution is 5.92. The molecule has 0 spiro atoms. The number of nitrogens with two attached hydrogens (primary N) is 1. The van der Waals surface area contributed by atoms with Gasteiger partial charge < -0.3 is 21.1 Å². The maximum absolute atomic E-state index is 11.8. The van der Waals surface area contributed by atoms with E-state index < -0.39 is 0 Å². The molecule has 0 aliphatic heterocycles. The second-order valence-electron chi connectivity index (χ2n) is 5.25. The van der Waals surface area contributed by atoms with E-state index >= 15 is 0 Å². The molecule has 0 unspecified atom stereocenters. The van der Waals surface area contributed by atoms with Gasteiger partial charge in [-0.1, -0.05) is 12.1 Å². The van der Waals surface area contributed by atoms with Crippen LogP contribution in [0.2, 0.25) is 0 Å². The van der Waals surface area contributed by atoms with Crippen LogP contribution in [0.5, 0.6) is 0 Å². The molecule has 0 fully saturated rings. The molecule has 0 saturated carbocycles. The van der Waals surface area contributed by atoms with Gasteiger partial charge in [-0.25, -0.2) is 9.78 Å². The van der Waals surface area contributed by atoms with Gasteiger partial charge in [0.05, 0.1) is 24.1 Å². The Morgan fingerprint density at radius 3 is 2.76 bits per heavy atom. The Kier molecular flexibility index (Phi) is 6.91. The van der Waals surface area contributed by atoms with Crippen molar-refractivity contribution in [3.63, 3.8) is 0 Å². The van der Waals surface area contributed by atoms with Crippen molar-refractivity contribution in [1.29, 1.82) is 0 Å². The fraction of sp³-hybridized carbons (Fsp3) is 0.278. The van der Waals surface area contributed by atoms with Gasteiger partial charge in [0.2, 0.25) is 0 Å². The van der Waals surface area contributed by atoms with Crippen LogP contribution < -0.4 is 16.4 Å². The Hall–Kier alpha value is -2.93. The Balaban J connectivity index is 1.94. The minimum Gasteiger partial charge on any atom is -0.462 e. The summed E-state index contributed by atoms with van der Waals surface area (Å²) in [4.78, 5) is 27.6. The number of anilines is 1. The summed E-state index contributed by atoms with van der Waals surface area (Å²) in [5, 5.41) is 5.86. The molecule has 7 heteroatoms. The zero-order valence-corrected chi connectivity index (χ0v) is 14.1. The summed E-state index contributed by atoms with van der Waals surface area (Å²) in [6.07, 6.45) is 1.59. The summed E-state index contributed by atoms with van der Waals surface area (Å²) >= 11 is 0. The van der Waals surface area contributed by atoms with E-state index in [-0.39, 0.29) is 11.9 Å². The average molecular weight is 342 g/mol. The maximum Gasteiger partial charge on any atom is 0.338 e. The first kappa shape index (κ1) is 18.4. The van der Waals surface area contributed by atoms with E-state index in [1.165, 1.54) is 0 Å². The number of nitrogens with one attached hydrogen (secondary N) is 2. The van der Waals surface area contributed by atoms with Gasteiger partial charge in [-0.2, -0.15) is 0 Å². The molecular weight excluding hydrogens is 320 g/mol. The number of pyridine rings is 1. The van der Waals surface area contributed by atoms with Crippen LogP contribution in [0.25, 0.3) is 0 Å². The summed E-state index contributed by atoms with van der Waals surface area (Å²) in [6.45, 7) is 3.44. The van der Waals surface area contributed by atoms with Crippen LogP contribution >= 0.6 is 0 Å². The fourth-order valence-corrected chi connectivity index (χ4v) is 2.14. The molecule has 7 nitrogen and oxygen atoms in total. The first-order valence-corrected chi connectivity index (χ1v) is 8.08. The van der Waals surface area contributed by atoms with Crippen molar-refractivity contribution in [3.05, 3.63) is 59.4 Å². The van der Waals surface area contributed by atoms with Gasteiger partial charge in [-0.15, -0.1) is 0 Å². The van der Waals surface area contributed by atoms with Crippen molar-refractivity contribution in [2.45, 2.75) is 13.5 Å². The lowest BCUT2D eigenvalue weighted by Gasteiger charge is -2.09. The van der Waals surface area contributed by atoms with Gasteiger partial charge in [0, 0.05) is 19.6 Å². The lowest BCUT2D eigenvalue weighted by atomic mass is 10.1. The van der Waals surface area contributed by atoms with Gasteiger partial charge >= 0.3 is 5.97 Å². The van der Waals surface area contributed by atoms with Crippen molar-refractivity contribution in [1.82, 2.24) is 10.3 Å². The molecule has 0 bridgehead atoms. The minimum absolute atomic E-state index is 0.251. The SMILES string of the molecule is CCOC(=O)c1cccc(CNc2ccc(C(=O)NCCN)nc2)c1. The predicted molar refractivity (Wildman–Crippen MR) is 95.3 cm³/mol. The van der Waals surface area contributed by atoms with Gasteiger partial charge in [0.1, 0.15) is 5.69 Å². The second kappa shape index (κ2) is 9.39. The highest BCUT2D eigenvalue weighted by Crippen LogP contribution is 2.11. The third-order valence-electron chi connectivity index (χ3n) is 3.36. The fourth-order valence-electron chi connectivity index (χ4n) is 2.14. The number of ether oxygens (including phenoxy) is 1. The molecule has 4 N–H and O–H groups in total. The van der Waals surface area contributed by atoms with Crippen molar-refractivity contribution in [3.8, 4) is 0 Å². The van der Waals surface area contributed by atoms with E-state index in [4.69, 9.17) is 10.5 Å². The van der Waals surface area contributed by atoms with E-state index in [1.54, 1.807) is 37.4 Å². The number of hydrogen-bond acceptors (Lipinski definition) is 6. The summed E-state index contributed by atoms with van der Waals surface area (Å²) in [5.74, 6) is -0.585. The molecule has 1 amide bonds. The minimum atomic E-state index is -0.334. The van der Waals surface area contributed by atoms with Crippen LogP contribution in [-0.2, 0) is 11.3 Å². The molecule has 0 saturated heterocycles. The van der Waals surface area contributed by atoms with E-state index in [0.29, 0.717) is 37.5 Å². The lowest BCUT2D eigenvalue weighted by molar-refractivity contribution is 0.0526. The van der Waals surface area contributed by atoms with Crippen LogP contribution in [-0.4, -0.2) is 36.6 Å². The number of esters is 1. The van der Waals surface area contributed by atoms with Crippen LogP contribution in [0.3, 0.4) is 0 Å². The molecule has 1 aromatic carbocycles. The molecule has 1 heterocycles. The quantitative estimate of drug-likeness (QED) is 0.629. The van der Waals surface area contributed by atoms with E-state index in [0.717, 1.165) is 11.3 Å². The van der Waals surface area contributed by atoms with Gasteiger partial charge in [-0.05, 0) is 36.8 Å². The van der Waals surface area contributed by atoms with Crippen LogP contribution in [0.4, 0.5) is 5.69 Å². The van der Waals surface area contributed by atoms with Gasteiger partial charge in [0.15, 0.2) is 0 Å². The van der Waals surface area contributed by atoms with Gasteiger partial charge in [0.25, 0.3) is 5.91 Å². The standard InChI is InChI=1S/C18H22N4O3/c1-2-25-18(24)14-5-3-4-13(10-14)11-21-15-6-7-16(22-12-15)17(23)20-9-8-19/h3-7,10,12,21H,2,8-9,11,19H2,1H3,(H,20,23). The number of aromatic nitrogens is 1. The monoisotopic (exact) mass is 342 g/mol. The third-order valence-corrected chi connectivity index (χ3v) is 3.36. The van der Waals surface area contributed by atoms with E-state index in [9.17, 15) is 9.59 Å². The van der Waals surface area contributed by atoms with Crippen LogP contribution in [0.1, 0.15) is 33.3 Å². The Morgan fingerprint density at radius 1 is 1.24 bits per heavy atom. The summed E-state index contributed by atoms with van der Waals surface area (Å²) in [7, 11) is 0. The Bertz CT molecular complexity index is 717. The van der Waals surface area contributed by atoms with Gasteiger partial charge in [-0.3, -0.25) is 4.79 Å². The highest BCUT2D eigenvalue weighted by Gasteiger charge is 2.08. The smallest absolute Gasteiger partial charge is 0.338 e. The van der Waals surface area contributed by atoms with Crippen molar-refractivity contribution in [2.24, 2.45) is 5.73 Å². The number of nitrogens with zero attached hydrogens (tertiary/aromatic N) is 1. The molecule has 0 atom stereocenters. The molecule has 0 aliphatic carbocycles. The molecule has 2 aromatic rings. The number of carbonyl (C=O) groups excluding carboxylic acids is 2. The Morgan fingerprint density at radius 2 is 2.08 bits per heavy atom. The van der Waals surface area contributed by atoms with Crippen molar-refractivity contribution >= 4 is 17.6 Å². The normalized spacial score (nSPS) is 10.2. The highest BCUT2D eigenvalue weighted by atomic mass is 16.5. The van der Waals surface area contributed by atoms with Crippen molar-refractivity contribution < 1.29 is 14.3 Å². The number of rotatable bonds is 8. The number of benzene rings is 1. The molecule has 25 heavy (non-hydrogen) atoms. The summed E-state index contributed by atoms with van der Waals surface area (Å²) < 4.78 is 4.99. The largest absolute Gasteiger partial charge is 0.462 e. The second-order valence-corrected chi connectivity index (χ2v) is 5.25. The van der Waals surface area contributed by atoms with Crippen LogP contribution in [0, 0.1) is 0 Å². The first-order chi connectivity index (χ1) is 12.1. The molecule has 2 rings (SSSR count). The van der Waals surface area contributed by atoms with Crippen molar-refractivity contribution in [2.75, 3.05) is 25.0 Å². The van der Waals surface area contributed by atoms with Crippen LogP contribution in [0.15, 0.2) is 42.6 Å². The topological polar surface area (TPSA) is 106 Å². The molecule has 132 valence electrons. The third kappa shape index (κ3) is 5.58. The number of carbonyl (C=O) groups is 2. The Labute approximate surface area is 146 Å². The number of amides is 1. The average Bonchev–Trinajstić information content (AvgIpc) is 2.65. The number of hydrogen-bond donors (Lipinski definition) is 3. The molecular formula is C18H22N4O3. The maximum atomic E-state index is 11.8. The first-order valence-electron chi connectivity index (χ1n) is 8.08. The van der Waals surface area contributed by atoms with E-state index in [2.05, 4.69) is 15.6 Å².